The van der Waals surface area contributed by atoms with Gasteiger partial charge in [-0.15, -0.1) is 0 Å². The average Bonchev–Trinajstić information content (AvgIpc) is 2.30. The highest BCUT2D eigenvalue weighted by Gasteiger charge is 2.18. The van der Waals surface area contributed by atoms with Crippen LogP contribution in [0.3, 0.4) is 0 Å². The molecule has 0 aromatic carbocycles. The van der Waals surface area contributed by atoms with Gasteiger partial charge in [-0.3, -0.25) is 4.99 Å². The van der Waals surface area contributed by atoms with Gasteiger partial charge in [0.05, 0.1) is 0 Å². The monoisotopic (exact) mass is 192 g/mol. The fourth-order valence-corrected chi connectivity index (χ4v) is 2.37. The zero-order valence-electron chi connectivity index (χ0n) is 9.08. The molecule has 1 aliphatic carbocycles. The van der Waals surface area contributed by atoms with Gasteiger partial charge < -0.3 is 4.90 Å². The zero-order valence-corrected chi connectivity index (χ0v) is 9.08. The first-order valence-corrected chi connectivity index (χ1v) is 5.85. The zero-order chi connectivity index (χ0) is 9.80. The van der Waals surface area contributed by atoms with E-state index in [1.165, 1.54) is 37.7 Å². The van der Waals surface area contributed by atoms with Crippen LogP contribution in [0.1, 0.15) is 39.0 Å². The summed E-state index contributed by atoms with van der Waals surface area (Å²) in [6.45, 7) is 4.12. The van der Waals surface area contributed by atoms with Crippen LogP contribution in [0.5, 0.6) is 0 Å². The molecule has 0 spiro atoms. The van der Waals surface area contributed by atoms with Crippen LogP contribution in [0.2, 0.25) is 0 Å². The van der Waals surface area contributed by atoms with Crippen LogP contribution >= 0.6 is 0 Å². The lowest BCUT2D eigenvalue weighted by Gasteiger charge is -2.27. The van der Waals surface area contributed by atoms with Crippen LogP contribution in [0.15, 0.2) is 16.8 Å². The molecule has 0 atom stereocenters. The highest BCUT2D eigenvalue weighted by Crippen LogP contribution is 2.29. The van der Waals surface area contributed by atoms with Gasteiger partial charge in [0.1, 0.15) is 6.67 Å². The molecule has 2 aliphatic rings. The molecule has 2 rings (SSSR count). The normalized spacial score (nSPS) is 23.8. The Balaban J connectivity index is 2.01. The van der Waals surface area contributed by atoms with E-state index in [4.69, 9.17) is 0 Å². The van der Waals surface area contributed by atoms with E-state index >= 15 is 0 Å². The predicted molar refractivity (Wildman–Crippen MR) is 60.4 cm³/mol. The Morgan fingerprint density at radius 3 is 2.86 bits per heavy atom. The first-order chi connectivity index (χ1) is 6.90. The van der Waals surface area contributed by atoms with Crippen molar-refractivity contribution >= 4 is 6.21 Å². The van der Waals surface area contributed by atoms with E-state index in [1.807, 2.05) is 0 Å². The quantitative estimate of drug-likeness (QED) is 0.657. The largest absolute Gasteiger partial charge is 0.358 e. The Morgan fingerprint density at radius 2 is 2.14 bits per heavy atom. The summed E-state index contributed by atoms with van der Waals surface area (Å²) in [4.78, 5) is 6.71. The van der Waals surface area contributed by atoms with Gasteiger partial charge in [0.25, 0.3) is 0 Å². The van der Waals surface area contributed by atoms with Gasteiger partial charge >= 0.3 is 0 Å². The van der Waals surface area contributed by atoms with Crippen molar-refractivity contribution in [2.45, 2.75) is 39.0 Å². The van der Waals surface area contributed by atoms with Crippen LogP contribution in [0, 0.1) is 5.92 Å². The van der Waals surface area contributed by atoms with E-state index in [0.29, 0.717) is 0 Å². The third-order valence-corrected chi connectivity index (χ3v) is 3.32. The molecule has 2 nitrogen and oxygen atoms in total. The van der Waals surface area contributed by atoms with Crippen molar-refractivity contribution in [3.63, 3.8) is 0 Å². The lowest BCUT2D eigenvalue weighted by molar-refractivity contribution is 0.373. The van der Waals surface area contributed by atoms with E-state index in [9.17, 15) is 0 Å². The molecule has 1 fully saturated rings. The van der Waals surface area contributed by atoms with Gasteiger partial charge in [-0.05, 0) is 31.3 Å². The summed E-state index contributed by atoms with van der Waals surface area (Å²) in [7, 11) is 0. The maximum Gasteiger partial charge on any atom is 0.109 e. The molecule has 0 amide bonds. The minimum absolute atomic E-state index is 0.793. The molecular formula is C12H20N2. The van der Waals surface area contributed by atoms with Crippen molar-refractivity contribution in [1.82, 2.24) is 4.90 Å². The fourth-order valence-electron chi connectivity index (χ4n) is 2.37. The topological polar surface area (TPSA) is 15.6 Å². The molecule has 0 N–H and O–H groups in total. The van der Waals surface area contributed by atoms with Gasteiger partial charge in [0.15, 0.2) is 0 Å². The van der Waals surface area contributed by atoms with Crippen molar-refractivity contribution in [3.05, 3.63) is 11.8 Å². The van der Waals surface area contributed by atoms with E-state index in [0.717, 1.165) is 19.1 Å². The van der Waals surface area contributed by atoms with Crippen LogP contribution in [-0.4, -0.2) is 24.3 Å². The third-order valence-electron chi connectivity index (χ3n) is 3.32. The third kappa shape index (κ3) is 2.17. The maximum atomic E-state index is 4.42. The maximum absolute atomic E-state index is 4.42. The van der Waals surface area contributed by atoms with E-state index in [1.54, 1.807) is 0 Å². The van der Waals surface area contributed by atoms with Crippen molar-refractivity contribution in [2.24, 2.45) is 10.9 Å². The summed E-state index contributed by atoms with van der Waals surface area (Å²) >= 11 is 0. The molecule has 1 aliphatic heterocycles. The molecule has 0 aromatic heterocycles. The molecule has 0 bridgehead atoms. The first-order valence-electron chi connectivity index (χ1n) is 5.85. The number of aliphatic imine (C=N–C) groups is 1. The molecule has 0 aromatic rings. The SMILES string of the molecule is CCN1C=C(C2CCCCC2)C=NC1. The molecular weight excluding hydrogens is 172 g/mol. The number of allylic oxidation sites excluding steroid dienone is 1. The van der Waals surface area contributed by atoms with Crippen molar-refractivity contribution in [1.29, 1.82) is 0 Å². The second kappa shape index (κ2) is 4.63. The van der Waals surface area contributed by atoms with Gasteiger partial charge in [-0.25, -0.2) is 0 Å². The van der Waals surface area contributed by atoms with E-state index in [2.05, 4.69) is 29.2 Å². The van der Waals surface area contributed by atoms with Gasteiger partial charge in [-0.1, -0.05) is 19.3 Å². The molecule has 0 unspecified atom stereocenters. The summed E-state index contributed by atoms with van der Waals surface area (Å²) in [5, 5.41) is 0. The Morgan fingerprint density at radius 1 is 1.36 bits per heavy atom. The van der Waals surface area contributed by atoms with Crippen LogP contribution < -0.4 is 0 Å². The van der Waals surface area contributed by atoms with Crippen molar-refractivity contribution in [3.8, 4) is 0 Å². The van der Waals surface area contributed by atoms with Gasteiger partial charge in [0, 0.05) is 19.0 Å². The standard InChI is InChI=1S/C12H20N2/c1-2-14-9-12(8-13-10-14)11-6-4-3-5-7-11/h8-9,11H,2-7,10H2,1H3. The second-order valence-electron chi connectivity index (χ2n) is 4.32. The predicted octanol–water partition coefficient (Wildman–Crippen LogP) is 2.81. The highest BCUT2D eigenvalue weighted by molar-refractivity contribution is 5.79. The summed E-state index contributed by atoms with van der Waals surface area (Å²) < 4.78 is 0. The molecule has 2 heteroatoms. The van der Waals surface area contributed by atoms with Crippen molar-refractivity contribution < 1.29 is 0 Å². The van der Waals surface area contributed by atoms with Gasteiger partial charge in [-0.2, -0.15) is 0 Å². The van der Waals surface area contributed by atoms with Crippen LogP contribution in [0.4, 0.5) is 0 Å². The van der Waals surface area contributed by atoms with Crippen molar-refractivity contribution in [2.75, 3.05) is 13.2 Å². The molecule has 1 heterocycles. The summed E-state index contributed by atoms with van der Waals surface area (Å²) in [5.41, 5.74) is 1.47. The summed E-state index contributed by atoms with van der Waals surface area (Å²) in [6.07, 6.45) is 11.4. The first kappa shape index (κ1) is 9.75. The number of nitrogens with zero attached hydrogens (tertiary/aromatic N) is 2. The molecule has 78 valence electrons. The second-order valence-corrected chi connectivity index (χ2v) is 4.32. The smallest absolute Gasteiger partial charge is 0.109 e. The van der Waals surface area contributed by atoms with Crippen LogP contribution in [0.25, 0.3) is 0 Å². The minimum atomic E-state index is 0.793. The summed E-state index contributed by atoms with van der Waals surface area (Å²) in [5.74, 6) is 0.793. The number of rotatable bonds is 2. The lowest BCUT2D eigenvalue weighted by atomic mass is 9.84. The summed E-state index contributed by atoms with van der Waals surface area (Å²) in [6, 6.07) is 0. The Bertz CT molecular complexity index is 237. The van der Waals surface area contributed by atoms with Crippen LogP contribution in [-0.2, 0) is 0 Å². The van der Waals surface area contributed by atoms with E-state index < -0.39 is 0 Å². The molecule has 14 heavy (non-hydrogen) atoms. The fraction of sp³-hybridized carbons (Fsp3) is 0.750. The molecule has 1 saturated carbocycles. The highest BCUT2D eigenvalue weighted by atomic mass is 15.2. The molecule has 0 radical (unpaired) electrons. The lowest BCUT2D eigenvalue weighted by Crippen LogP contribution is -2.23. The Labute approximate surface area is 86.7 Å². The Hall–Kier alpha value is -0.790. The van der Waals surface area contributed by atoms with Gasteiger partial charge in [0.2, 0.25) is 0 Å². The minimum Gasteiger partial charge on any atom is -0.358 e. The molecule has 0 saturated heterocycles. The number of hydrogen-bond donors (Lipinski definition) is 0. The number of hydrogen-bond acceptors (Lipinski definition) is 2. The average molecular weight is 192 g/mol. The Kier molecular flexibility index (Phi) is 3.22. The van der Waals surface area contributed by atoms with E-state index in [-0.39, 0.29) is 0 Å².